The van der Waals surface area contributed by atoms with Crippen molar-refractivity contribution in [3.63, 3.8) is 0 Å². The standard InChI is InChI=1S/C12H15ClN2O/c1-12(2,16)8-15-7-10-4-3-9(6-14)5-11(10)13/h3-5,15-16H,7-8H2,1-2H3. The minimum Gasteiger partial charge on any atom is -0.389 e. The van der Waals surface area contributed by atoms with E-state index in [1.165, 1.54) is 0 Å². The van der Waals surface area contributed by atoms with E-state index in [0.29, 0.717) is 23.7 Å². The van der Waals surface area contributed by atoms with Crippen molar-refractivity contribution < 1.29 is 5.11 Å². The van der Waals surface area contributed by atoms with E-state index in [1.807, 2.05) is 12.1 Å². The lowest BCUT2D eigenvalue weighted by Gasteiger charge is -2.17. The summed E-state index contributed by atoms with van der Waals surface area (Å²) in [5.41, 5.74) is 0.736. The Bertz CT molecular complexity index is 404. The molecule has 3 nitrogen and oxygen atoms in total. The SMILES string of the molecule is CC(C)(O)CNCc1ccc(C#N)cc1Cl. The molecule has 4 heteroatoms. The third kappa shape index (κ3) is 4.19. The van der Waals surface area contributed by atoms with Crippen molar-refractivity contribution in [2.45, 2.75) is 26.0 Å². The number of rotatable bonds is 4. The zero-order valence-corrected chi connectivity index (χ0v) is 10.2. The first-order chi connectivity index (χ1) is 7.42. The van der Waals surface area contributed by atoms with E-state index in [0.717, 1.165) is 5.56 Å². The molecule has 0 spiro atoms. The van der Waals surface area contributed by atoms with Crippen LogP contribution < -0.4 is 5.32 Å². The van der Waals surface area contributed by atoms with Crippen LogP contribution in [0.3, 0.4) is 0 Å². The first-order valence-electron chi connectivity index (χ1n) is 5.04. The summed E-state index contributed by atoms with van der Waals surface area (Å²) in [7, 11) is 0. The van der Waals surface area contributed by atoms with E-state index >= 15 is 0 Å². The molecule has 0 saturated carbocycles. The quantitative estimate of drug-likeness (QED) is 0.845. The molecule has 0 fully saturated rings. The van der Waals surface area contributed by atoms with Gasteiger partial charge in [0, 0.05) is 18.1 Å². The van der Waals surface area contributed by atoms with E-state index in [1.54, 1.807) is 26.0 Å². The summed E-state index contributed by atoms with van der Waals surface area (Å²) in [4.78, 5) is 0. The number of nitriles is 1. The van der Waals surface area contributed by atoms with Gasteiger partial charge in [-0.25, -0.2) is 0 Å². The topological polar surface area (TPSA) is 56.0 Å². The van der Waals surface area contributed by atoms with Gasteiger partial charge in [-0.2, -0.15) is 5.26 Å². The Hall–Kier alpha value is -1.08. The minimum atomic E-state index is -0.737. The summed E-state index contributed by atoms with van der Waals surface area (Å²) in [6.07, 6.45) is 0. The number of nitrogens with zero attached hydrogens (tertiary/aromatic N) is 1. The van der Waals surface area contributed by atoms with Crippen LogP contribution in [0.4, 0.5) is 0 Å². The Kier molecular flexibility index (Phi) is 4.31. The van der Waals surface area contributed by atoms with Crippen molar-refractivity contribution in [1.82, 2.24) is 5.32 Å². The summed E-state index contributed by atoms with van der Waals surface area (Å²) in [5, 5.41) is 21.9. The molecular weight excluding hydrogens is 224 g/mol. The fourth-order valence-corrected chi connectivity index (χ4v) is 1.51. The van der Waals surface area contributed by atoms with Crippen LogP contribution in [0, 0.1) is 11.3 Å². The zero-order valence-electron chi connectivity index (χ0n) is 9.42. The van der Waals surface area contributed by atoms with Crippen molar-refractivity contribution in [3.8, 4) is 6.07 Å². The van der Waals surface area contributed by atoms with Crippen LogP contribution in [0.15, 0.2) is 18.2 Å². The third-order valence-electron chi connectivity index (χ3n) is 2.06. The Balaban J connectivity index is 2.59. The molecule has 0 atom stereocenters. The molecule has 86 valence electrons. The molecule has 16 heavy (non-hydrogen) atoms. The van der Waals surface area contributed by atoms with Crippen LogP contribution in [0.1, 0.15) is 25.0 Å². The first kappa shape index (κ1) is 13.0. The lowest BCUT2D eigenvalue weighted by Crippen LogP contribution is -2.34. The summed E-state index contributed by atoms with van der Waals surface area (Å²) >= 11 is 6.00. The number of hydrogen-bond donors (Lipinski definition) is 2. The second-order valence-corrected chi connectivity index (χ2v) is 4.74. The summed E-state index contributed by atoms with van der Waals surface area (Å²) in [6.45, 7) is 4.54. The molecule has 0 bridgehead atoms. The van der Waals surface area contributed by atoms with Gasteiger partial charge in [0.15, 0.2) is 0 Å². The van der Waals surface area contributed by atoms with Gasteiger partial charge in [-0.3, -0.25) is 0 Å². The molecular formula is C12H15ClN2O. The monoisotopic (exact) mass is 238 g/mol. The third-order valence-corrected chi connectivity index (χ3v) is 2.41. The number of benzene rings is 1. The predicted octanol–water partition coefficient (Wildman–Crippen LogP) is 2.07. The molecule has 0 aliphatic carbocycles. The molecule has 1 aromatic carbocycles. The van der Waals surface area contributed by atoms with Gasteiger partial charge in [0.2, 0.25) is 0 Å². The Morgan fingerprint density at radius 3 is 2.69 bits per heavy atom. The van der Waals surface area contributed by atoms with Crippen molar-refractivity contribution in [2.75, 3.05) is 6.54 Å². The number of halogens is 1. The summed E-state index contributed by atoms with van der Waals surface area (Å²) in [6, 6.07) is 7.22. The first-order valence-corrected chi connectivity index (χ1v) is 5.42. The molecule has 0 saturated heterocycles. The van der Waals surface area contributed by atoms with Crippen LogP contribution in [0.2, 0.25) is 5.02 Å². The number of aliphatic hydroxyl groups is 1. The lowest BCUT2D eigenvalue weighted by molar-refractivity contribution is 0.0795. The second kappa shape index (κ2) is 5.31. The molecule has 0 radical (unpaired) electrons. The zero-order chi connectivity index (χ0) is 12.2. The highest BCUT2D eigenvalue weighted by Gasteiger charge is 2.11. The Morgan fingerprint density at radius 1 is 1.50 bits per heavy atom. The van der Waals surface area contributed by atoms with Crippen molar-refractivity contribution in [3.05, 3.63) is 34.3 Å². The van der Waals surface area contributed by atoms with E-state index < -0.39 is 5.60 Å². The average Bonchev–Trinajstić information content (AvgIpc) is 2.18. The van der Waals surface area contributed by atoms with Crippen LogP contribution in [0.25, 0.3) is 0 Å². The van der Waals surface area contributed by atoms with Crippen molar-refractivity contribution in [2.24, 2.45) is 0 Å². The molecule has 0 aliphatic rings. The lowest BCUT2D eigenvalue weighted by atomic mass is 10.1. The molecule has 1 rings (SSSR count). The highest BCUT2D eigenvalue weighted by Crippen LogP contribution is 2.17. The molecule has 0 aliphatic heterocycles. The van der Waals surface area contributed by atoms with Gasteiger partial charge in [-0.15, -0.1) is 0 Å². The summed E-state index contributed by atoms with van der Waals surface area (Å²) in [5.74, 6) is 0. The van der Waals surface area contributed by atoms with Crippen LogP contribution in [0.5, 0.6) is 0 Å². The fraction of sp³-hybridized carbons (Fsp3) is 0.417. The van der Waals surface area contributed by atoms with E-state index in [4.69, 9.17) is 16.9 Å². The largest absolute Gasteiger partial charge is 0.389 e. The maximum atomic E-state index is 9.51. The number of nitrogens with one attached hydrogen (secondary N) is 1. The normalized spacial score (nSPS) is 11.2. The molecule has 2 N–H and O–H groups in total. The van der Waals surface area contributed by atoms with E-state index in [9.17, 15) is 5.11 Å². The van der Waals surface area contributed by atoms with E-state index in [2.05, 4.69) is 5.32 Å². The predicted molar refractivity (Wildman–Crippen MR) is 64.2 cm³/mol. The highest BCUT2D eigenvalue weighted by molar-refractivity contribution is 6.31. The molecule has 0 heterocycles. The van der Waals surface area contributed by atoms with Gasteiger partial charge in [-0.05, 0) is 31.5 Å². The maximum Gasteiger partial charge on any atom is 0.0992 e. The van der Waals surface area contributed by atoms with Crippen molar-refractivity contribution in [1.29, 1.82) is 5.26 Å². The van der Waals surface area contributed by atoms with Gasteiger partial charge >= 0.3 is 0 Å². The Labute approximate surface area is 101 Å². The van der Waals surface area contributed by atoms with Gasteiger partial charge in [-0.1, -0.05) is 17.7 Å². The fourth-order valence-electron chi connectivity index (χ4n) is 1.26. The second-order valence-electron chi connectivity index (χ2n) is 4.33. The van der Waals surface area contributed by atoms with Gasteiger partial charge in [0.25, 0.3) is 0 Å². The Morgan fingerprint density at radius 2 is 2.19 bits per heavy atom. The summed E-state index contributed by atoms with van der Waals surface area (Å²) < 4.78 is 0. The van der Waals surface area contributed by atoms with Gasteiger partial charge in [0.05, 0.1) is 17.2 Å². The van der Waals surface area contributed by atoms with Crippen LogP contribution >= 0.6 is 11.6 Å². The van der Waals surface area contributed by atoms with Gasteiger partial charge < -0.3 is 10.4 Å². The highest BCUT2D eigenvalue weighted by atomic mass is 35.5. The number of hydrogen-bond acceptors (Lipinski definition) is 3. The van der Waals surface area contributed by atoms with Crippen molar-refractivity contribution >= 4 is 11.6 Å². The molecule has 0 amide bonds. The van der Waals surface area contributed by atoms with Crippen LogP contribution in [-0.2, 0) is 6.54 Å². The van der Waals surface area contributed by atoms with Crippen LogP contribution in [-0.4, -0.2) is 17.3 Å². The van der Waals surface area contributed by atoms with Gasteiger partial charge in [0.1, 0.15) is 0 Å². The maximum absolute atomic E-state index is 9.51. The molecule has 1 aromatic rings. The molecule has 0 unspecified atom stereocenters. The van der Waals surface area contributed by atoms with E-state index in [-0.39, 0.29) is 0 Å². The molecule has 0 aromatic heterocycles. The minimum absolute atomic E-state index is 0.489. The average molecular weight is 239 g/mol. The smallest absolute Gasteiger partial charge is 0.0992 e.